The number of piperidine rings is 1. The van der Waals surface area contributed by atoms with E-state index in [0.29, 0.717) is 25.4 Å². The summed E-state index contributed by atoms with van der Waals surface area (Å²) in [6.07, 6.45) is 2.51. The molecular formula is C12H27N3O2S. The first-order valence-corrected chi connectivity index (χ1v) is 8.25. The summed E-state index contributed by atoms with van der Waals surface area (Å²) in [7, 11) is 0.939. The average molecular weight is 277 g/mol. The van der Waals surface area contributed by atoms with Crippen LogP contribution in [-0.4, -0.2) is 63.1 Å². The van der Waals surface area contributed by atoms with Crippen LogP contribution in [0.25, 0.3) is 0 Å². The van der Waals surface area contributed by atoms with Crippen LogP contribution in [0.3, 0.4) is 0 Å². The summed E-state index contributed by atoms with van der Waals surface area (Å²) in [6, 6.07) is 0. The van der Waals surface area contributed by atoms with E-state index in [9.17, 15) is 8.42 Å². The summed E-state index contributed by atoms with van der Waals surface area (Å²) in [5, 5.41) is -0.414. The zero-order valence-electron chi connectivity index (χ0n) is 11.8. The molecule has 0 bridgehead atoms. The third-order valence-electron chi connectivity index (χ3n) is 3.70. The Hall–Kier alpha value is -0.170. The molecule has 108 valence electrons. The lowest BCUT2D eigenvalue weighted by atomic mass is 9.98. The summed E-state index contributed by atoms with van der Waals surface area (Å²) < 4.78 is 26.3. The third-order valence-corrected chi connectivity index (χ3v) is 6.15. The van der Waals surface area contributed by atoms with E-state index in [4.69, 9.17) is 5.73 Å². The first kappa shape index (κ1) is 15.9. The van der Waals surface area contributed by atoms with Crippen molar-refractivity contribution in [2.75, 3.05) is 40.3 Å². The predicted octanol–water partition coefficient (Wildman–Crippen LogP) is 0.327. The number of hydrogen-bond acceptors (Lipinski definition) is 4. The quantitative estimate of drug-likeness (QED) is 0.759. The molecule has 1 rings (SSSR count). The lowest BCUT2D eigenvalue weighted by Crippen LogP contribution is -2.46. The third kappa shape index (κ3) is 3.91. The van der Waals surface area contributed by atoms with Gasteiger partial charge in [-0.25, -0.2) is 12.7 Å². The van der Waals surface area contributed by atoms with E-state index in [-0.39, 0.29) is 6.54 Å². The molecule has 0 amide bonds. The molecule has 2 N–H and O–H groups in total. The fourth-order valence-corrected chi connectivity index (χ4v) is 4.38. The van der Waals surface area contributed by atoms with Crippen LogP contribution in [0.15, 0.2) is 0 Å². The smallest absolute Gasteiger partial charge is 0.218 e. The maximum atomic E-state index is 12.3. The van der Waals surface area contributed by atoms with Gasteiger partial charge in [-0.3, -0.25) is 0 Å². The highest BCUT2D eigenvalue weighted by Crippen LogP contribution is 2.22. The Morgan fingerprint density at radius 3 is 2.28 bits per heavy atom. The van der Waals surface area contributed by atoms with Gasteiger partial charge < -0.3 is 10.6 Å². The highest BCUT2D eigenvalue weighted by Gasteiger charge is 2.32. The SMILES string of the molecule is CCC(CN)S(=O)(=O)N1CCC(CN(C)C)CC1. The van der Waals surface area contributed by atoms with Gasteiger partial charge in [0.25, 0.3) is 0 Å². The molecule has 1 heterocycles. The minimum atomic E-state index is -3.18. The molecule has 0 spiro atoms. The highest BCUT2D eigenvalue weighted by atomic mass is 32.2. The number of rotatable bonds is 6. The second-order valence-electron chi connectivity index (χ2n) is 5.42. The summed E-state index contributed by atoms with van der Waals surface area (Å²) >= 11 is 0. The van der Waals surface area contributed by atoms with Gasteiger partial charge in [0.15, 0.2) is 0 Å². The van der Waals surface area contributed by atoms with E-state index in [2.05, 4.69) is 19.0 Å². The van der Waals surface area contributed by atoms with Gasteiger partial charge in [0.05, 0.1) is 5.25 Å². The molecule has 18 heavy (non-hydrogen) atoms. The highest BCUT2D eigenvalue weighted by molar-refractivity contribution is 7.89. The largest absolute Gasteiger partial charge is 0.329 e. The zero-order valence-corrected chi connectivity index (χ0v) is 12.6. The van der Waals surface area contributed by atoms with Crippen molar-refractivity contribution in [3.63, 3.8) is 0 Å². The number of nitrogens with zero attached hydrogens (tertiary/aromatic N) is 2. The molecule has 1 fully saturated rings. The van der Waals surface area contributed by atoms with E-state index in [1.54, 1.807) is 4.31 Å². The Morgan fingerprint density at radius 1 is 1.33 bits per heavy atom. The van der Waals surface area contributed by atoms with E-state index >= 15 is 0 Å². The Bertz CT molecular complexity index is 331. The van der Waals surface area contributed by atoms with Gasteiger partial charge >= 0.3 is 0 Å². The van der Waals surface area contributed by atoms with Gasteiger partial charge in [0.1, 0.15) is 0 Å². The van der Waals surface area contributed by atoms with Crippen molar-refractivity contribution < 1.29 is 8.42 Å². The normalized spacial score (nSPS) is 21.4. The van der Waals surface area contributed by atoms with E-state index in [1.165, 1.54) is 0 Å². The second-order valence-corrected chi connectivity index (χ2v) is 7.63. The minimum absolute atomic E-state index is 0.219. The maximum Gasteiger partial charge on any atom is 0.218 e. The van der Waals surface area contributed by atoms with Gasteiger partial charge in [-0.2, -0.15) is 0 Å². The number of sulfonamides is 1. The summed E-state index contributed by atoms with van der Waals surface area (Å²) in [5.74, 6) is 0.615. The van der Waals surface area contributed by atoms with Gasteiger partial charge in [0.2, 0.25) is 10.0 Å². The molecule has 0 aromatic carbocycles. The van der Waals surface area contributed by atoms with Crippen molar-refractivity contribution in [3.8, 4) is 0 Å². The van der Waals surface area contributed by atoms with Gasteiger partial charge in [-0.05, 0) is 39.3 Å². The number of nitrogens with two attached hydrogens (primary N) is 1. The minimum Gasteiger partial charge on any atom is -0.329 e. The molecule has 1 aliphatic heterocycles. The molecule has 6 heteroatoms. The molecule has 0 aromatic heterocycles. The zero-order chi connectivity index (χ0) is 13.8. The summed E-state index contributed by atoms with van der Waals surface area (Å²) in [6.45, 7) is 4.45. The number of hydrogen-bond donors (Lipinski definition) is 1. The van der Waals surface area contributed by atoms with Crippen molar-refractivity contribution in [2.45, 2.75) is 31.4 Å². The lowest BCUT2D eigenvalue weighted by molar-refractivity contribution is 0.223. The Kier molecular flexibility index (Phi) is 6.04. The molecule has 0 saturated carbocycles. The van der Waals surface area contributed by atoms with Crippen molar-refractivity contribution >= 4 is 10.0 Å². The van der Waals surface area contributed by atoms with Gasteiger partial charge in [-0.1, -0.05) is 6.92 Å². The average Bonchev–Trinajstić information content (AvgIpc) is 2.30. The second kappa shape index (κ2) is 6.84. The molecule has 1 aliphatic rings. The standard InChI is InChI=1S/C12H27N3O2S/c1-4-12(9-13)18(16,17)15-7-5-11(6-8-15)10-14(2)3/h11-12H,4-10,13H2,1-3H3. The fraction of sp³-hybridized carbons (Fsp3) is 1.00. The van der Waals surface area contributed by atoms with E-state index < -0.39 is 15.3 Å². The van der Waals surface area contributed by atoms with Crippen LogP contribution < -0.4 is 5.73 Å². The van der Waals surface area contributed by atoms with Crippen LogP contribution in [0.1, 0.15) is 26.2 Å². The van der Waals surface area contributed by atoms with Crippen LogP contribution in [0, 0.1) is 5.92 Å². The molecule has 5 nitrogen and oxygen atoms in total. The molecule has 1 unspecified atom stereocenters. The molecule has 0 aliphatic carbocycles. The first-order valence-electron chi connectivity index (χ1n) is 6.75. The molecule has 1 atom stereocenters. The van der Waals surface area contributed by atoms with E-state index in [0.717, 1.165) is 19.4 Å². The van der Waals surface area contributed by atoms with E-state index in [1.807, 2.05) is 6.92 Å². The van der Waals surface area contributed by atoms with Crippen LogP contribution in [0.2, 0.25) is 0 Å². The molecule has 0 aromatic rings. The van der Waals surface area contributed by atoms with Crippen LogP contribution in [0.5, 0.6) is 0 Å². The summed E-state index contributed by atoms with van der Waals surface area (Å²) in [5.41, 5.74) is 5.56. The maximum absolute atomic E-state index is 12.3. The predicted molar refractivity (Wildman–Crippen MR) is 74.9 cm³/mol. The van der Waals surface area contributed by atoms with Crippen LogP contribution in [0.4, 0.5) is 0 Å². The Morgan fingerprint density at radius 2 is 1.89 bits per heavy atom. The topological polar surface area (TPSA) is 66.6 Å². The van der Waals surface area contributed by atoms with Crippen LogP contribution in [-0.2, 0) is 10.0 Å². The van der Waals surface area contributed by atoms with Crippen molar-refractivity contribution in [1.82, 2.24) is 9.21 Å². The first-order chi connectivity index (χ1) is 8.41. The molecule has 1 saturated heterocycles. The summed E-state index contributed by atoms with van der Waals surface area (Å²) in [4.78, 5) is 2.17. The Balaban J connectivity index is 2.57. The van der Waals surface area contributed by atoms with Crippen LogP contribution >= 0.6 is 0 Å². The van der Waals surface area contributed by atoms with Crippen molar-refractivity contribution in [2.24, 2.45) is 11.7 Å². The van der Waals surface area contributed by atoms with Gasteiger partial charge in [-0.15, -0.1) is 0 Å². The Labute approximate surface area is 111 Å². The van der Waals surface area contributed by atoms with Gasteiger partial charge in [0, 0.05) is 26.2 Å². The fourth-order valence-electron chi connectivity index (χ4n) is 2.57. The van der Waals surface area contributed by atoms with Crippen molar-refractivity contribution in [3.05, 3.63) is 0 Å². The lowest BCUT2D eigenvalue weighted by Gasteiger charge is -2.34. The monoisotopic (exact) mass is 277 g/mol. The molecular weight excluding hydrogens is 250 g/mol. The van der Waals surface area contributed by atoms with Crippen molar-refractivity contribution in [1.29, 1.82) is 0 Å². The molecule has 0 radical (unpaired) electrons.